The standard InChI is InChI=1S/C16H13Cl2N5S/c1-2-3-4-7-23-9-20-14(19)13-15(23)22-16(21-13)24-12-6-5-10(17)8-11(12)18/h1,5-6,8-9,19H,3-4,7H2,(H,21,22). The van der Waals surface area contributed by atoms with Crippen LogP contribution in [-0.2, 0) is 6.54 Å². The summed E-state index contributed by atoms with van der Waals surface area (Å²) < 4.78 is 1.90. The molecule has 0 spiro atoms. The van der Waals surface area contributed by atoms with Gasteiger partial charge in [0.05, 0.1) is 11.3 Å². The topological polar surface area (TPSA) is 70.3 Å². The fraction of sp³-hybridized carbons (Fsp3) is 0.188. The minimum atomic E-state index is 0.153. The Bertz CT molecular complexity index is 986. The van der Waals surface area contributed by atoms with E-state index in [4.69, 9.17) is 35.0 Å². The van der Waals surface area contributed by atoms with E-state index in [1.54, 1.807) is 18.5 Å². The summed E-state index contributed by atoms with van der Waals surface area (Å²) in [6.07, 6.45) is 8.42. The number of imidazole rings is 1. The van der Waals surface area contributed by atoms with Gasteiger partial charge in [-0.15, -0.1) is 12.3 Å². The number of fused-ring (bicyclic) bond motifs is 1. The predicted molar refractivity (Wildman–Crippen MR) is 96.4 cm³/mol. The van der Waals surface area contributed by atoms with Crippen molar-refractivity contribution in [3.63, 3.8) is 0 Å². The maximum Gasteiger partial charge on any atom is 0.173 e. The van der Waals surface area contributed by atoms with Crippen molar-refractivity contribution in [2.24, 2.45) is 0 Å². The van der Waals surface area contributed by atoms with Crippen LogP contribution in [0.4, 0.5) is 0 Å². The zero-order valence-electron chi connectivity index (χ0n) is 12.5. The quantitative estimate of drug-likeness (QED) is 0.519. The van der Waals surface area contributed by atoms with Crippen molar-refractivity contribution in [3.8, 4) is 12.3 Å². The second-order valence-electron chi connectivity index (χ2n) is 5.01. The molecule has 24 heavy (non-hydrogen) atoms. The van der Waals surface area contributed by atoms with Gasteiger partial charge in [-0.3, -0.25) is 5.41 Å². The Morgan fingerprint density at radius 1 is 1.38 bits per heavy atom. The molecule has 122 valence electrons. The molecule has 0 amide bonds. The molecule has 3 aromatic rings. The Morgan fingerprint density at radius 3 is 2.96 bits per heavy atom. The van der Waals surface area contributed by atoms with Gasteiger partial charge in [-0.2, -0.15) is 0 Å². The van der Waals surface area contributed by atoms with Crippen LogP contribution in [0, 0.1) is 17.8 Å². The van der Waals surface area contributed by atoms with Gasteiger partial charge in [-0.05, 0) is 24.6 Å². The minimum absolute atomic E-state index is 0.153. The molecule has 0 radical (unpaired) electrons. The zero-order valence-corrected chi connectivity index (χ0v) is 14.8. The number of unbranched alkanes of at least 4 members (excludes halogenated alkanes) is 1. The van der Waals surface area contributed by atoms with Crippen molar-refractivity contribution in [3.05, 3.63) is 40.1 Å². The first-order valence-corrected chi connectivity index (χ1v) is 8.72. The van der Waals surface area contributed by atoms with Crippen molar-refractivity contribution in [1.82, 2.24) is 19.5 Å². The molecule has 0 saturated heterocycles. The number of rotatable bonds is 5. The average molecular weight is 378 g/mol. The summed E-state index contributed by atoms with van der Waals surface area (Å²) in [5.41, 5.74) is 1.42. The summed E-state index contributed by atoms with van der Waals surface area (Å²) in [6, 6.07) is 5.30. The molecule has 0 atom stereocenters. The normalized spacial score (nSPS) is 10.9. The summed E-state index contributed by atoms with van der Waals surface area (Å²) in [5.74, 6) is 2.62. The van der Waals surface area contributed by atoms with E-state index in [-0.39, 0.29) is 5.49 Å². The Labute approximate surface area is 152 Å². The van der Waals surface area contributed by atoms with E-state index in [9.17, 15) is 0 Å². The largest absolute Gasteiger partial charge is 0.328 e. The molecule has 2 N–H and O–H groups in total. The second-order valence-corrected chi connectivity index (χ2v) is 6.89. The number of H-pyrrole nitrogens is 1. The lowest BCUT2D eigenvalue weighted by atomic mass is 10.3. The molecular weight excluding hydrogens is 365 g/mol. The molecule has 2 aromatic heterocycles. The monoisotopic (exact) mass is 377 g/mol. The van der Waals surface area contributed by atoms with Gasteiger partial charge in [-0.1, -0.05) is 35.0 Å². The third-order valence-electron chi connectivity index (χ3n) is 3.32. The van der Waals surface area contributed by atoms with Crippen LogP contribution in [0.5, 0.6) is 0 Å². The lowest BCUT2D eigenvalue weighted by Crippen LogP contribution is -2.12. The molecule has 0 aliphatic carbocycles. The van der Waals surface area contributed by atoms with E-state index in [2.05, 4.69) is 20.9 Å². The number of hydrogen-bond donors (Lipinski definition) is 2. The van der Waals surface area contributed by atoms with Gasteiger partial charge < -0.3 is 9.55 Å². The maximum absolute atomic E-state index is 7.96. The second kappa shape index (κ2) is 7.31. The smallest absolute Gasteiger partial charge is 0.173 e. The predicted octanol–water partition coefficient (Wildman–Crippen LogP) is 4.11. The molecule has 0 saturated carbocycles. The first-order chi connectivity index (χ1) is 11.6. The number of aryl methyl sites for hydroxylation is 1. The summed E-state index contributed by atoms with van der Waals surface area (Å²) in [6.45, 7) is 0.699. The molecule has 0 aliphatic heterocycles. The summed E-state index contributed by atoms with van der Waals surface area (Å²) in [7, 11) is 0. The van der Waals surface area contributed by atoms with Crippen molar-refractivity contribution in [2.45, 2.75) is 29.4 Å². The molecule has 3 rings (SSSR count). The van der Waals surface area contributed by atoms with Crippen molar-refractivity contribution in [1.29, 1.82) is 5.41 Å². The van der Waals surface area contributed by atoms with Crippen LogP contribution < -0.4 is 5.49 Å². The van der Waals surface area contributed by atoms with E-state index >= 15 is 0 Å². The van der Waals surface area contributed by atoms with Crippen LogP contribution >= 0.6 is 35.0 Å². The number of nitrogens with one attached hydrogen (secondary N) is 2. The van der Waals surface area contributed by atoms with Gasteiger partial charge in [0.2, 0.25) is 0 Å². The Balaban J connectivity index is 1.95. The fourth-order valence-corrected chi connectivity index (χ4v) is 3.50. The Hall–Kier alpha value is -1.94. The Kier molecular flexibility index (Phi) is 5.14. The summed E-state index contributed by atoms with van der Waals surface area (Å²) >= 11 is 13.5. The molecule has 0 bridgehead atoms. The van der Waals surface area contributed by atoms with Gasteiger partial charge >= 0.3 is 0 Å². The minimum Gasteiger partial charge on any atom is -0.328 e. The van der Waals surface area contributed by atoms with E-state index < -0.39 is 0 Å². The lowest BCUT2D eigenvalue weighted by molar-refractivity contribution is 0.653. The SMILES string of the molecule is C#CCCCn1cnc(=N)c2[nH]c(Sc3ccc(Cl)cc3Cl)nc21. The van der Waals surface area contributed by atoms with Gasteiger partial charge in [0.1, 0.15) is 5.52 Å². The highest BCUT2D eigenvalue weighted by atomic mass is 35.5. The van der Waals surface area contributed by atoms with Crippen LogP contribution in [0.25, 0.3) is 11.2 Å². The molecular formula is C16H13Cl2N5S. The molecule has 0 fully saturated rings. The van der Waals surface area contributed by atoms with E-state index in [1.165, 1.54) is 11.8 Å². The van der Waals surface area contributed by atoms with Crippen molar-refractivity contribution in [2.75, 3.05) is 0 Å². The molecule has 5 nitrogen and oxygen atoms in total. The van der Waals surface area contributed by atoms with Gasteiger partial charge in [0.15, 0.2) is 16.3 Å². The van der Waals surface area contributed by atoms with Crippen molar-refractivity contribution >= 4 is 46.1 Å². The summed E-state index contributed by atoms with van der Waals surface area (Å²) in [4.78, 5) is 12.6. The average Bonchev–Trinajstić information content (AvgIpc) is 2.97. The molecule has 2 heterocycles. The molecule has 8 heteroatoms. The number of terminal acetylenes is 1. The first-order valence-electron chi connectivity index (χ1n) is 7.14. The highest BCUT2D eigenvalue weighted by Gasteiger charge is 2.11. The van der Waals surface area contributed by atoms with E-state index in [1.807, 2.05) is 10.6 Å². The third-order valence-corrected chi connectivity index (χ3v) is 4.94. The van der Waals surface area contributed by atoms with E-state index in [0.29, 0.717) is 39.3 Å². The van der Waals surface area contributed by atoms with Crippen LogP contribution in [0.1, 0.15) is 12.8 Å². The molecule has 0 aliphatic rings. The number of hydrogen-bond acceptors (Lipinski definition) is 4. The van der Waals surface area contributed by atoms with Gasteiger partial charge in [-0.25, -0.2) is 9.97 Å². The highest BCUT2D eigenvalue weighted by Crippen LogP contribution is 2.33. The molecule has 0 unspecified atom stereocenters. The molecule has 1 aromatic carbocycles. The van der Waals surface area contributed by atoms with Gasteiger partial charge in [0, 0.05) is 22.9 Å². The number of nitrogens with zero attached hydrogens (tertiary/aromatic N) is 3. The number of benzene rings is 1. The van der Waals surface area contributed by atoms with E-state index in [0.717, 1.165) is 11.3 Å². The van der Waals surface area contributed by atoms with Crippen molar-refractivity contribution < 1.29 is 0 Å². The highest BCUT2D eigenvalue weighted by molar-refractivity contribution is 7.99. The Morgan fingerprint density at radius 2 is 2.21 bits per heavy atom. The number of aromatic amines is 1. The van der Waals surface area contributed by atoms with Crippen LogP contribution in [0.3, 0.4) is 0 Å². The third kappa shape index (κ3) is 3.59. The van der Waals surface area contributed by atoms with Crippen LogP contribution in [0.15, 0.2) is 34.6 Å². The lowest BCUT2D eigenvalue weighted by Gasteiger charge is -2.04. The maximum atomic E-state index is 7.96. The first kappa shape index (κ1) is 16.9. The van der Waals surface area contributed by atoms with Crippen LogP contribution in [0.2, 0.25) is 10.0 Å². The zero-order chi connectivity index (χ0) is 17.1. The number of halogens is 2. The number of aromatic nitrogens is 4. The van der Waals surface area contributed by atoms with Gasteiger partial charge in [0.25, 0.3) is 0 Å². The fourth-order valence-electron chi connectivity index (χ4n) is 2.19. The summed E-state index contributed by atoms with van der Waals surface area (Å²) in [5, 5.41) is 9.73. The van der Waals surface area contributed by atoms with Crippen LogP contribution in [-0.4, -0.2) is 19.5 Å².